The highest BCUT2D eigenvalue weighted by Gasteiger charge is 2.10. The lowest BCUT2D eigenvalue weighted by Gasteiger charge is -2.27. The summed E-state index contributed by atoms with van der Waals surface area (Å²) in [5.41, 5.74) is 0.232. The summed E-state index contributed by atoms with van der Waals surface area (Å²) in [6.07, 6.45) is 0. The minimum Gasteiger partial charge on any atom is -0.503 e. The van der Waals surface area contributed by atoms with E-state index in [1.165, 1.54) is 18.2 Å². The van der Waals surface area contributed by atoms with Crippen molar-refractivity contribution in [2.24, 2.45) is 0 Å². The van der Waals surface area contributed by atoms with Crippen LogP contribution in [0.25, 0.3) is 4.85 Å². The SMILES string of the molecule is [C-]#[N+]c1cc(F)ccc1OCCN1CCNCC1. The first kappa shape index (κ1) is 12.8. The number of nitrogens with one attached hydrogen (secondary N) is 1. The molecule has 18 heavy (non-hydrogen) atoms. The number of nitrogens with zero attached hydrogens (tertiary/aromatic N) is 2. The largest absolute Gasteiger partial charge is 0.503 e. The molecule has 0 amide bonds. The molecule has 1 heterocycles. The van der Waals surface area contributed by atoms with Gasteiger partial charge in [0.05, 0.1) is 13.2 Å². The molecule has 1 aliphatic rings. The number of halogens is 1. The molecular weight excluding hydrogens is 233 g/mol. The van der Waals surface area contributed by atoms with Gasteiger partial charge < -0.3 is 10.1 Å². The highest BCUT2D eigenvalue weighted by molar-refractivity contribution is 5.57. The average Bonchev–Trinajstić information content (AvgIpc) is 2.41. The van der Waals surface area contributed by atoms with Gasteiger partial charge in [-0.2, -0.15) is 0 Å². The summed E-state index contributed by atoms with van der Waals surface area (Å²) in [5, 5.41) is 3.28. The molecule has 1 N–H and O–H groups in total. The Kier molecular flexibility index (Phi) is 4.51. The predicted molar refractivity (Wildman–Crippen MR) is 67.5 cm³/mol. The summed E-state index contributed by atoms with van der Waals surface area (Å²) in [4.78, 5) is 5.56. The first-order chi connectivity index (χ1) is 8.79. The normalized spacial score (nSPS) is 16.2. The fourth-order valence-electron chi connectivity index (χ4n) is 1.92. The van der Waals surface area contributed by atoms with Crippen LogP contribution in [0.15, 0.2) is 18.2 Å². The van der Waals surface area contributed by atoms with Crippen molar-refractivity contribution in [2.75, 3.05) is 39.3 Å². The van der Waals surface area contributed by atoms with Gasteiger partial charge in [-0.05, 0) is 18.2 Å². The predicted octanol–water partition coefficient (Wildman–Crippen LogP) is 1.66. The summed E-state index contributed by atoms with van der Waals surface area (Å²) < 4.78 is 18.5. The summed E-state index contributed by atoms with van der Waals surface area (Å²) in [5.74, 6) is 0.0528. The summed E-state index contributed by atoms with van der Waals surface area (Å²) in [7, 11) is 0. The van der Waals surface area contributed by atoms with Crippen LogP contribution in [0, 0.1) is 12.4 Å². The van der Waals surface area contributed by atoms with Crippen LogP contribution in [0.1, 0.15) is 0 Å². The Bertz CT molecular complexity index is 438. The van der Waals surface area contributed by atoms with Crippen LogP contribution in [-0.4, -0.2) is 44.2 Å². The van der Waals surface area contributed by atoms with E-state index in [9.17, 15) is 4.39 Å². The number of hydrogen-bond acceptors (Lipinski definition) is 3. The minimum absolute atomic E-state index is 0.232. The van der Waals surface area contributed by atoms with Crippen molar-refractivity contribution in [3.05, 3.63) is 35.4 Å². The van der Waals surface area contributed by atoms with Crippen molar-refractivity contribution in [2.45, 2.75) is 0 Å². The average molecular weight is 249 g/mol. The van der Waals surface area contributed by atoms with Gasteiger partial charge in [-0.3, -0.25) is 4.90 Å². The standard InChI is InChI=1S/C13H16FN3O/c1-15-12-10-11(14)2-3-13(12)18-9-8-17-6-4-16-5-7-17/h2-3,10,16H,4-9H2. The van der Waals surface area contributed by atoms with Crippen LogP contribution in [0.3, 0.4) is 0 Å². The van der Waals surface area contributed by atoms with E-state index in [0.29, 0.717) is 12.4 Å². The fourth-order valence-corrected chi connectivity index (χ4v) is 1.92. The van der Waals surface area contributed by atoms with Gasteiger partial charge in [0.2, 0.25) is 5.69 Å². The number of ether oxygens (including phenoxy) is 1. The lowest BCUT2D eigenvalue weighted by molar-refractivity contribution is 0.192. The van der Waals surface area contributed by atoms with E-state index in [0.717, 1.165) is 32.7 Å². The molecule has 0 atom stereocenters. The molecule has 0 aliphatic carbocycles. The van der Waals surface area contributed by atoms with Crippen molar-refractivity contribution in [1.29, 1.82) is 0 Å². The second-order valence-electron chi connectivity index (χ2n) is 4.16. The van der Waals surface area contributed by atoms with Crippen LogP contribution < -0.4 is 10.1 Å². The maximum Gasteiger partial charge on any atom is 0.230 e. The quantitative estimate of drug-likeness (QED) is 0.823. The molecule has 0 aromatic heterocycles. The smallest absolute Gasteiger partial charge is 0.230 e. The molecule has 4 nitrogen and oxygen atoms in total. The molecule has 0 radical (unpaired) electrons. The minimum atomic E-state index is -0.407. The first-order valence-electron chi connectivity index (χ1n) is 6.02. The van der Waals surface area contributed by atoms with Crippen LogP contribution in [-0.2, 0) is 0 Å². The highest BCUT2D eigenvalue weighted by atomic mass is 19.1. The Hall–Kier alpha value is -1.64. The van der Waals surface area contributed by atoms with Gasteiger partial charge in [-0.25, -0.2) is 9.24 Å². The van der Waals surface area contributed by atoms with E-state index < -0.39 is 5.82 Å². The Labute approximate surface area is 106 Å². The maximum atomic E-state index is 12.9. The van der Waals surface area contributed by atoms with Crippen molar-refractivity contribution in [3.63, 3.8) is 0 Å². The van der Waals surface area contributed by atoms with E-state index in [1.807, 2.05) is 0 Å². The lowest BCUT2D eigenvalue weighted by atomic mass is 10.3. The number of hydrogen-bond donors (Lipinski definition) is 1. The van der Waals surface area contributed by atoms with Crippen LogP contribution in [0.5, 0.6) is 5.75 Å². The second-order valence-corrected chi connectivity index (χ2v) is 4.16. The second kappa shape index (κ2) is 6.34. The van der Waals surface area contributed by atoms with E-state index >= 15 is 0 Å². The van der Waals surface area contributed by atoms with Crippen LogP contribution in [0.4, 0.5) is 10.1 Å². The molecule has 1 aromatic carbocycles. The molecule has 1 aliphatic heterocycles. The monoisotopic (exact) mass is 249 g/mol. The van der Waals surface area contributed by atoms with E-state index in [2.05, 4.69) is 15.1 Å². The van der Waals surface area contributed by atoms with Gasteiger partial charge in [0, 0.05) is 32.7 Å². The van der Waals surface area contributed by atoms with Crippen LogP contribution >= 0.6 is 0 Å². The highest BCUT2D eigenvalue weighted by Crippen LogP contribution is 2.28. The van der Waals surface area contributed by atoms with Gasteiger partial charge in [-0.15, -0.1) is 0 Å². The molecular formula is C13H16FN3O. The Balaban J connectivity index is 1.84. The summed E-state index contributed by atoms with van der Waals surface area (Å²) >= 11 is 0. The molecule has 96 valence electrons. The molecule has 0 spiro atoms. The Morgan fingerprint density at radius 1 is 1.39 bits per heavy atom. The summed E-state index contributed by atoms with van der Waals surface area (Å²) in [6.45, 7) is 12.4. The molecule has 1 saturated heterocycles. The summed E-state index contributed by atoms with van der Waals surface area (Å²) in [6, 6.07) is 4.03. The molecule has 1 aromatic rings. The van der Waals surface area contributed by atoms with Gasteiger partial charge in [0.15, 0.2) is 0 Å². The zero-order valence-corrected chi connectivity index (χ0v) is 10.2. The third-order valence-corrected chi connectivity index (χ3v) is 2.92. The van der Waals surface area contributed by atoms with Crippen molar-refractivity contribution < 1.29 is 9.13 Å². The molecule has 0 bridgehead atoms. The number of rotatable bonds is 4. The van der Waals surface area contributed by atoms with E-state index in [1.54, 1.807) is 0 Å². The van der Waals surface area contributed by atoms with Crippen molar-refractivity contribution in [1.82, 2.24) is 10.2 Å². The molecule has 1 fully saturated rings. The van der Waals surface area contributed by atoms with E-state index in [4.69, 9.17) is 11.3 Å². The lowest BCUT2D eigenvalue weighted by Crippen LogP contribution is -2.44. The molecule has 0 saturated carbocycles. The third-order valence-electron chi connectivity index (χ3n) is 2.92. The van der Waals surface area contributed by atoms with Gasteiger partial charge in [-0.1, -0.05) is 0 Å². The Morgan fingerprint density at radius 3 is 2.89 bits per heavy atom. The number of benzene rings is 1. The number of piperazine rings is 1. The van der Waals surface area contributed by atoms with Crippen molar-refractivity contribution >= 4 is 5.69 Å². The molecule has 5 heteroatoms. The van der Waals surface area contributed by atoms with E-state index in [-0.39, 0.29) is 5.69 Å². The zero-order chi connectivity index (χ0) is 12.8. The molecule has 2 rings (SSSR count). The maximum absolute atomic E-state index is 12.9. The molecule has 0 unspecified atom stereocenters. The topological polar surface area (TPSA) is 28.9 Å². The first-order valence-corrected chi connectivity index (χ1v) is 6.02. The van der Waals surface area contributed by atoms with Crippen molar-refractivity contribution in [3.8, 4) is 5.75 Å². The van der Waals surface area contributed by atoms with Gasteiger partial charge >= 0.3 is 0 Å². The van der Waals surface area contributed by atoms with Gasteiger partial charge in [0.25, 0.3) is 0 Å². The fraction of sp³-hybridized carbons (Fsp3) is 0.462. The third kappa shape index (κ3) is 3.42. The zero-order valence-electron chi connectivity index (χ0n) is 10.2. The van der Waals surface area contributed by atoms with Gasteiger partial charge in [0.1, 0.15) is 11.6 Å². The Morgan fingerprint density at radius 2 is 2.17 bits per heavy atom. The van der Waals surface area contributed by atoms with Crippen LogP contribution in [0.2, 0.25) is 0 Å².